The highest BCUT2D eigenvalue weighted by atomic mass is 16.5. The van der Waals surface area contributed by atoms with Crippen LogP contribution in [0.5, 0.6) is 11.5 Å². The molecule has 26 heavy (non-hydrogen) atoms. The lowest BCUT2D eigenvalue weighted by Gasteiger charge is -2.43. The summed E-state index contributed by atoms with van der Waals surface area (Å²) in [4.78, 5) is 29.5. The van der Waals surface area contributed by atoms with E-state index in [-0.39, 0.29) is 17.7 Å². The summed E-state index contributed by atoms with van der Waals surface area (Å²) in [6.45, 7) is 6.54. The van der Waals surface area contributed by atoms with Crippen LogP contribution < -0.4 is 9.47 Å². The van der Waals surface area contributed by atoms with Gasteiger partial charge in [0.25, 0.3) is 0 Å². The summed E-state index contributed by atoms with van der Waals surface area (Å²) in [6.07, 6.45) is 1.26. The zero-order valence-corrected chi connectivity index (χ0v) is 16.1. The molecule has 0 saturated carbocycles. The van der Waals surface area contributed by atoms with Gasteiger partial charge in [0.15, 0.2) is 11.5 Å². The van der Waals surface area contributed by atoms with E-state index < -0.39 is 5.92 Å². The average molecular weight is 360 g/mol. The number of rotatable bonds is 5. The summed E-state index contributed by atoms with van der Waals surface area (Å²) in [5, 5.41) is 0. The van der Waals surface area contributed by atoms with Crippen molar-refractivity contribution in [3.63, 3.8) is 0 Å². The van der Waals surface area contributed by atoms with Gasteiger partial charge in [0, 0.05) is 38.6 Å². The van der Waals surface area contributed by atoms with Crippen LogP contribution in [0.4, 0.5) is 0 Å². The molecule has 0 aromatic heterocycles. The van der Waals surface area contributed by atoms with E-state index in [1.165, 1.54) is 5.56 Å². The molecule has 6 nitrogen and oxygen atoms in total. The molecule has 2 aliphatic heterocycles. The fourth-order valence-corrected chi connectivity index (χ4v) is 4.18. The van der Waals surface area contributed by atoms with Gasteiger partial charge in [-0.2, -0.15) is 0 Å². The molecule has 0 radical (unpaired) electrons. The van der Waals surface area contributed by atoms with Crippen LogP contribution in [0.25, 0.3) is 0 Å². The first-order valence-electron chi connectivity index (χ1n) is 9.34. The van der Waals surface area contributed by atoms with Gasteiger partial charge >= 0.3 is 0 Å². The number of ketones is 1. The molecule has 2 heterocycles. The van der Waals surface area contributed by atoms with Crippen molar-refractivity contribution in [2.45, 2.75) is 32.7 Å². The molecule has 1 amide bonds. The second-order valence-corrected chi connectivity index (χ2v) is 6.90. The number of carbonyl (C=O) groups excluding carboxylic acids is 2. The van der Waals surface area contributed by atoms with Crippen LogP contribution in [0.1, 0.15) is 37.4 Å². The SMILES string of the molecule is CCN(CC)C(=O)[C@@H]1CN2CCc3cc(OC)c(OC)cc3[C@@H]2CC1=O. The third-order valence-electron chi connectivity index (χ3n) is 5.69. The maximum absolute atomic E-state index is 12.8. The van der Waals surface area contributed by atoms with Gasteiger partial charge in [0.2, 0.25) is 5.91 Å². The molecule has 1 fully saturated rings. The topological polar surface area (TPSA) is 59.1 Å². The third-order valence-corrected chi connectivity index (χ3v) is 5.69. The molecule has 2 atom stereocenters. The van der Waals surface area contributed by atoms with Gasteiger partial charge < -0.3 is 14.4 Å². The number of carbonyl (C=O) groups is 2. The van der Waals surface area contributed by atoms with Crippen LogP contribution in [-0.2, 0) is 16.0 Å². The molecule has 0 unspecified atom stereocenters. The quantitative estimate of drug-likeness (QED) is 0.753. The van der Waals surface area contributed by atoms with Crippen molar-refractivity contribution < 1.29 is 19.1 Å². The number of fused-ring (bicyclic) bond motifs is 3. The van der Waals surface area contributed by atoms with Gasteiger partial charge in [-0.05, 0) is 43.5 Å². The molecule has 0 spiro atoms. The molecule has 6 heteroatoms. The molecule has 1 saturated heterocycles. The van der Waals surface area contributed by atoms with E-state index in [9.17, 15) is 9.59 Å². The molecule has 0 N–H and O–H groups in total. The predicted octanol–water partition coefficient (Wildman–Crippen LogP) is 2.06. The van der Waals surface area contributed by atoms with E-state index in [0.717, 1.165) is 24.3 Å². The van der Waals surface area contributed by atoms with E-state index in [0.29, 0.717) is 31.8 Å². The molecule has 3 rings (SSSR count). The number of ether oxygens (including phenoxy) is 2. The van der Waals surface area contributed by atoms with E-state index in [4.69, 9.17) is 9.47 Å². The summed E-state index contributed by atoms with van der Waals surface area (Å²) in [5.41, 5.74) is 2.32. The van der Waals surface area contributed by atoms with E-state index >= 15 is 0 Å². The molecule has 1 aromatic carbocycles. The Balaban J connectivity index is 1.87. The maximum Gasteiger partial charge on any atom is 0.234 e. The zero-order valence-electron chi connectivity index (χ0n) is 16.1. The second kappa shape index (κ2) is 7.66. The van der Waals surface area contributed by atoms with Crippen LogP contribution in [-0.4, -0.2) is 61.9 Å². The Morgan fingerprint density at radius 1 is 1.19 bits per heavy atom. The van der Waals surface area contributed by atoms with Crippen LogP contribution in [0.15, 0.2) is 12.1 Å². The predicted molar refractivity (Wildman–Crippen MR) is 98.6 cm³/mol. The minimum atomic E-state index is -0.534. The number of methoxy groups -OCH3 is 2. The normalized spacial score (nSPS) is 22.4. The van der Waals surface area contributed by atoms with Crippen molar-refractivity contribution in [1.82, 2.24) is 9.80 Å². The number of benzene rings is 1. The van der Waals surface area contributed by atoms with Gasteiger partial charge in [-0.3, -0.25) is 14.5 Å². The highest BCUT2D eigenvalue weighted by Crippen LogP contribution is 2.42. The van der Waals surface area contributed by atoms with Crippen molar-refractivity contribution in [3.05, 3.63) is 23.3 Å². The molecule has 1 aromatic rings. The Labute approximate surface area is 155 Å². The highest BCUT2D eigenvalue weighted by Gasteiger charge is 2.42. The summed E-state index contributed by atoms with van der Waals surface area (Å²) in [5.74, 6) is 0.883. The van der Waals surface area contributed by atoms with Crippen LogP contribution in [0, 0.1) is 5.92 Å². The van der Waals surface area contributed by atoms with Crippen molar-refractivity contribution in [3.8, 4) is 11.5 Å². The molecule has 142 valence electrons. The number of hydrogen-bond acceptors (Lipinski definition) is 5. The summed E-state index contributed by atoms with van der Waals surface area (Å²) in [6, 6.07) is 4.03. The standard InChI is InChI=1S/C20H28N2O4/c1-5-21(6-2)20(24)15-12-22-8-7-13-9-18(25-3)19(26-4)10-14(13)16(22)11-17(15)23/h9-10,15-16H,5-8,11-12H2,1-4H3/t15-,16+/m1/s1. The Bertz CT molecular complexity index is 699. The first kappa shape index (κ1) is 18.7. The van der Waals surface area contributed by atoms with Gasteiger partial charge in [-0.25, -0.2) is 0 Å². The summed E-state index contributed by atoms with van der Waals surface area (Å²) < 4.78 is 10.8. The monoisotopic (exact) mass is 360 g/mol. The van der Waals surface area contributed by atoms with Gasteiger partial charge in [-0.1, -0.05) is 0 Å². The summed E-state index contributed by atoms with van der Waals surface area (Å²) >= 11 is 0. The smallest absolute Gasteiger partial charge is 0.234 e. The Kier molecular flexibility index (Phi) is 5.51. The Morgan fingerprint density at radius 2 is 1.85 bits per heavy atom. The number of amides is 1. The number of nitrogens with zero attached hydrogens (tertiary/aromatic N) is 2. The average Bonchev–Trinajstić information content (AvgIpc) is 2.67. The van der Waals surface area contributed by atoms with Crippen molar-refractivity contribution in [2.24, 2.45) is 5.92 Å². The van der Waals surface area contributed by atoms with Crippen LogP contribution in [0.3, 0.4) is 0 Å². The number of hydrogen-bond donors (Lipinski definition) is 0. The highest BCUT2D eigenvalue weighted by molar-refractivity contribution is 6.02. The Morgan fingerprint density at radius 3 is 2.46 bits per heavy atom. The minimum Gasteiger partial charge on any atom is -0.493 e. The first-order valence-corrected chi connectivity index (χ1v) is 9.34. The van der Waals surface area contributed by atoms with Crippen molar-refractivity contribution in [1.29, 1.82) is 0 Å². The molecule has 2 aliphatic rings. The first-order chi connectivity index (χ1) is 12.5. The van der Waals surface area contributed by atoms with Gasteiger partial charge in [-0.15, -0.1) is 0 Å². The fraction of sp³-hybridized carbons (Fsp3) is 0.600. The third kappa shape index (κ3) is 3.18. The molecule has 0 aliphatic carbocycles. The molecular formula is C20H28N2O4. The van der Waals surface area contributed by atoms with Crippen LogP contribution in [0.2, 0.25) is 0 Å². The minimum absolute atomic E-state index is 0.0202. The number of Topliss-reactive ketones (excluding diaryl/α,β-unsaturated/α-hetero) is 1. The lowest BCUT2D eigenvalue weighted by atomic mass is 9.82. The largest absolute Gasteiger partial charge is 0.493 e. The van der Waals surface area contributed by atoms with Gasteiger partial charge in [0.05, 0.1) is 14.2 Å². The fourth-order valence-electron chi connectivity index (χ4n) is 4.18. The van der Waals surface area contributed by atoms with Crippen LogP contribution >= 0.6 is 0 Å². The van der Waals surface area contributed by atoms with E-state index in [2.05, 4.69) is 4.90 Å². The van der Waals surface area contributed by atoms with E-state index in [1.54, 1.807) is 19.1 Å². The Hall–Kier alpha value is -2.08. The molecular weight excluding hydrogens is 332 g/mol. The van der Waals surface area contributed by atoms with Crippen molar-refractivity contribution in [2.75, 3.05) is 40.4 Å². The lowest BCUT2D eigenvalue weighted by molar-refractivity contribution is -0.145. The molecule has 0 bridgehead atoms. The lowest BCUT2D eigenvalue weighted by Crippen LogP contribution is -2.51. The van der Waals surface area contributed by atoms with Gasteiger partial charge in [0.1, 0.15) is 11.7 Å². The maximum atomic E-state index is 12.8. The summed E-state index contributed by atoms with van der Waals surface area (Å²) in [7, 11) is 3.25. The van der Waals surface area contributed by atoms with Crippen molar-refractivity contribution >= 4 is 11.7 Å². The zero-order chi connectivity index (χ0) is 18.8. The second-order valence-electron chi connectivity index (χ2n) is 6.90. The number of piperidine rings is 1. The van der Waals surface area contributed by atoms with E-state index in [1.807, 2.05) is 26.0 Å².